The first-order valence-electron chi connectivity index (χ1n) is 11.8. The summed E-state index contributed by atoms with van der Waals surface area (Å²) in [4.78, 5) is 0. The minimum atomic E-state index is -4.40. The average Bonchev–Trinajstić information content (AvgIpc) is 3.10. The largest absolute Gasteiger partial charge is 0.416 e. The molecule has 3 aromatic carbocycles. The molecular weight excluding hydrogens is 640 g/mol. The van der Waals surface area contributed by atoms with Gasteiger partial charge in [0, 0.05) is 22.0 Å². The van der Waals surface area contributed by atoms with Crippen molar-refractivity contribution < 1.29 is 26.3 Å². The summed E-state index contributed by atoms with van der Waals surface area (Å²) in [5, 5.41) is 8.78. The number of rotatable bonds is 8. The molecule has 1 N–H and O–H groups in total. The van der Waals surface area contributed by atoms with E-state index in [-0.39, 0.29) is 0 Å². The van der Waals surface area contributed by atoms with Gasteiger partial charge in [0.1, 0.15) is 0 Å². The summed E-state index contributed by atoms with van der Waals surface area (Å²) in [7, 11) is 0. The Bertz CT molecular complexity index is 1390. The third kappa shape index (κ3) is 6.36. The van der Waals surface area contributed by atoms with Gasteiger partial charge in [0.05, 0.1) is 22.2 Å². The van der Waals surface area contributed by atoms with Gasteiger partial charge in [-0.3, -0.25) is 5.41 Å². The monoisotopic (exact) mass is 661 g/mol. The van der Waals surface area contributed by atoms with Crippen LogP contribution in [0.3, 0.4) is 0 Å². The second kappa shape index (κ2) is 11.3. The van der Waals surface area contributed by atoms with Crippen LogP contribution in [0.2, 0.25) is 0 Å². The molecule has 38 heavy (non-hydrogen) atoms. The zero-order valence-corrected chi connectivity index (χ0v) is 23.1. The molecular formula is C27H23Br2F6N3. The molecule has 0 radical (unpaired) electrons. The molecule has 0 amide bonds. The van der Waals surface area contributed by atoms with E-state index in [1.807, 2.05) is 33.4 Å². The molecule has 0 aliphatic carbocycles. The van der Waals surface area contributed by atoms with Crippen LogP contribution in [0.15, 0.2) is 69.6 Å². The van der Waals surface area contributed by atoms with Crippen molar-refractivity contribution in [1.29, 1.82) is 5.41 Å². The quantitative estimate of drug-likeness (QED) is 0.183. The van der Waals surface area contributed by atoms with Crippen LogP contribution in [0.4, 0.5) is 26.3 Å². The standard InChI is InChI=1S/C27H23Br2F6N3/c28-21-15-19(26(30,31)32)11-9-17(21)5-3-13-37-23-7-1-2-8-24(23)38(25(37)36)14-4-6-18-10-12-20(16-22(18)29)27(33,34)35/h1-2,7-12,15-16,36H,3-6,13-14H2. The molecule has 0 bridgehead atoms. The summed E-state index contributed by atoms with van der Waals surface area (Å²) in [5.74, 6) is 0. The van der Waals surface area contributed by atoms with E-state index in [4.69, 9.17) is 5.41 Å². The third-order valence-corrected chi connectivity index (χ3v) is 7.87. The molecule has 11 heteroatoms. The Morgan fingerprint density at radius 2 is 1.03 bits per heavy atom. The lowest BCUT2D eigenvalue weighted by atomic mass is 10.1. The van der Waals surface area contributed by atoms with Crippen LogP contribution in [0.1, 0.15) is 35.1 Å². The van der Waals surface area contributed by atoms with Crippen LogP contribution in [-0.4, -0.2) is 9.13 Å². The molecule has 3 nitrogen and oxygen atoms in total. The van der Waals surface area contributed by atoms with E-state index >= 15 is 0 Å². The van der Waals surface area contributed by atoms with Crippen LogP contribution >= 0.6 is 31.9 Å². The molecule has 0 atom stereocenters. The van der Waals surface area contributed by atoms with Gasteiger partial charge in [-0.25, -0.2) is 0 Å². The summed E-state index contributed by atoms with van der Waals surface area (Å²) in [6.07, 6.45) is -6.50. The predicted molar refractivity (Wildman–Crippen MR) is 141 cm³/mol. The van der Waals surface area contributed by atoms with E-state index in [0.717, 1.165) is 46.4 Å². The molecule has 0 saturated carbocycles. The Morgan fingerprint density at radius 1 is 0.632 bits per heavy atom. The highest BCUT2D eigenvalue weighted by Gasteiger charge is 2.31. The maximum atomic E-state index is 12.9. The summed E-state index contributed by atoms with van der Waals surface area (Å²) in [6, 6.07) is 14.9. The predicted octanol–water partition coefficient (Wildman–Crippen LogP) is 8.75. The number of para-hydroxylation sites is 2. The van der Waals surface area contributed by atoms with Crippen molar-refractivity contribution in [1.82, 2.24) is 9.13 Å². The number of nitrogens with one attached hydrogen (secondary N) is 1. The Kier molecular flexibility index (Phi) is 8.46. The highest BCUT2D eigenvalue weighted by Crippen LogP contribution is 2.33. The zero-order valence-electron chi connectivity index (χ0n) is 19.9. The number of benzene rings is 3. The van der Waals surface area contributed by atoms with E-state index < -0.39 is 23.5 Å². The number of nitrogens with zero attached hydrogens (tertiary/aromatic N) is 2. The molecule has 1 aromatic heterocycles. The zero-order chi connectivity index (χ0) is 27.7. The van der Waals surface area contributed by atoms with Crippen molar-refractivity contribution in [3.8, 4) is 0 Å². The van der Waals surface area contributed by atoms with E-state index in [0.29, 0.717) is 53.3 Å². The Labute approximate surface area is 231 Å². The van der Waals surface area contributed by atoms with Gasteiger partial charge >= 0.3 is 12.4 Å². The molecule has 0 unspecified atom stereocenters. The molecule has 202 valence electrons. The Hall–Kier alpha value is -2.53. The number of alkyl halides is 6. The van der Waals surface area contributed by atoms with E-state index in [2.05, 4.69) is 31.9 Å². The van der Waals surface area contributed by atoms with Gasteiger partial charge in [-0.15, -0.1) is 0 Å². The second-order valence-electron chi connectivity index (χ2n) is 8.93. The van der Waals surface area contributed by atoms with Crippen LogP contribution in [0, 0.1) is 5.41 Å². The summed E-state index contributed by atoms with van der Waals surface area (Å²) >= 11 is 6.49. The normalized spacial score (nSPS) is 12.4. The summed E-state index contributed by atoms with van der Waals surface area (Å²) < 4.78 is 82.2. The maximum absolute atomic E-state index is 12.9. The fraction of sp³-hybridized carbons (Fsp3) is 0.296. The molecule has 0 aliphatic heterocycles. The number of hydrogen-bond acceptors (Lipinski definition) is 1. The number of aromatic nitrogens is 2. The molecule has 0 fully saturated rings. The van der Waals surface area contributed by atoms with Gasteiger partial charge in [-0.1, -0.05) is 56.1 Å². The minimum Gasteiger partial charge on any atom is -0.310 e. The van der Waals surface area contributed by atoms with Crippen LogP contribution < -0.4 is 5.62 Å². The fourth-order valence-electron chi connectivity index (χ4n) is 4.46. The SMILES string of the molecule is N=c1n(CCCc2ccc(C(F)(F)F)cc2Br)c2ccccc2n1CCCc1ccc(C(F)(F)F)cc1Br. The van der Waals surface area contributed by atoms with Crippen LogP contribution in [0.25, 0.3) is 11.0 Å². The Morgan fingerprint density at radius 3 is 1.37 bits per heavy atom. The van der Waals surface area contributed by atoms with E-state index in [1.165, 1.54) is 12.1 Å². The molecule has 4 rings (SSSR count). The van der Waals surface area contributed by atoms with Crippen LogP contribution in [-0.2, 0) is 38.3 Å². The van der Waals surface area contributed by atoms with E-state index in [9.17, 15) is 26.3 Å². The first-order valence-corrected chi connectivity index (χ1v) is 13.4. The number of aryl methyl sites for hydroxylation is 4. The van der Waals surface area contributed by atoms with E-state index in [1.54, 1.807) is 0 Å². The van der Waals surface area contributed by atoms with Gasteiger partial charge in [0.25, 0.3) is 0 Å². The van der Waals surface area contributed by atoms with Gasteiger partial charge in [0.15, 0.2) is 0 Å². The van der Waals surface area contributed by atoms with Gasteiger partial charge in [-0.2, -0.15) is 26.3 Å². The van der Waals surface area contributed by atoms with Gasteiger partial charge in [0.2, 0.25) is 5.62 Å². The van der Waals surface area contributed by atoms with Crippen molar-refractivity contribution in [3.05, 3.63) is 97.5 Å². The highest BCUT2D eigenvalue weighted by molar-refractivity contribution is 9.10. The third-order valence-electron chi connectivity index (χ3n) is 6.39. The first-order chi connectivity index (χ1) is 17.9. The lowest BCUT2D eigenvalue weighted by molar-refractivity contribution is -0.138. The fourth-order valence-corrected chi connectivity index (χ4v) is 5.61. The number of hydrogen-bond donors (Lipinski definition) is 1. The lowest BCUT2D eigenvalue weighted by Gasteiger charge is -2.11. The second-order valence-corrected chi connectivity index (χ2v) is 10.6. The molecule has 1 heterocycles. The smallest absolute Gasteiger partial charge is 0.310 e. The minimum absolute atomic E-state index is 0.296. The first kappa shape index (κ1) is 28.5. The highest BCUT2D eigenvalue weighted by atomic mass is 79.9. The van der Waals surface area contributed by atoms with Crippen molar-refractivity contribution in [2.75, 3.05) is 0 Å². The van der Waals surface area contributed by atoms with Crippen molar-refractivity contribution >= 4 is 42.9 Å². The summed E-state index contributed by atoms with van der Waals surface area (Å²) in [5.41, 5.74) is 2.15. The topological polar surface area (TPSA) is 33.7 Å². The number of fused-ring (bicyclic) bond motifs is 1. The number of imidazole rings is 1. The van der Waals surface area contributed by atoms with Crippen molar-refractivity contribution in [3.63, 3.8) is 0 Å². The maximum Gasteiger partial charge on any atom is 0.416 e. The Balaban J connectivity index is 1.46. The van der Waals surface area contributed by atoms with Gasteiger partial charge in [-0.05, 0) is 73.2 Å². The van der Waals surface area contributed by atoms with Crippen molar-refractivity contribution in [2.45, 2.75) is 51.1 Å². The average molecular weight is 663 g/mol. The molecule has 0 saturated heterocycles. The molecule has 4 aromatic rings. The molecule has 0 aliphatic rings. The lowest BCUT2D eigenvalue weighted by Crippen LogP contribution is -2.25. The number of halogens is 8. The van der Waals surface area contributed by atoms with Gasteiger partial charge < -0.3 is 9.13 Å². The molecule has 0 spiro atoms. The van der Waals surface area contributed by atoms with Crippen molar-refractivity contribution in [2.24, 2.45) is 0 Å². The van der Waals surface area contributed by atoms with Crippen LogP contribution in [0.5, 0.6) is 0 Å². The summed E-state index contributed by atoms with van der Waals surface area (Å²) in [6.45, 7) is 1.01.